The molecule has 1 N–H and O–H groups in total. The summed E-state index contributed by atoms with van der Waals surface area (Å²) in [5, 5.41) is 11.5. The molecule has 0 amide bonds. The van der Waals surface area contributed by atoms with Crippen molar-refractivity contribution >= 4 is 15.9 Å². The van der Waals surface area contributed by atoms with Crippen LogP contribution in [0.25, 0.3) is 0 Å². The Kier molecular flexibility index (Phi) is 4.71. The Morgan fingerprint density at radius 2 is 2.21 bits per heavy atom. The first-order valence-corrected chi connectivity index (χ1v) is 7.28. The molecule has 5 heteroatoms. The lowest BCUT2D eigenvalue weighted by molar-refractivity contribution is 0.523. The molecule has 0 saturated carbocycles. The molecular formula is C14H19BrN4. The van der Waals surface area contributed by atoms with Crippen molar-refractivity contribution in [3.63, 3.8) is 0 Å². The Balaban J connectivity index is 2.38. The zero-order chi connectivity index (χ0) is 13.8. The highest BCUT2D eigenvalue weighted by atomic mass is 79.9. The van der Waals surface area contributed by atoms with Crippen LogP contribution in [0.4, 0.5) is 0 Å². The van der Waals surface area contributed by atoms with E-state index in [9.17, 15) is 0 Å². The van der Waals surface area contributed by atoms with Crippen molar-refractivity contribution in [1.29, 1.82) is 0 Å². The predicted molar refractivity (Wildman–Crippen MR) is 80.1 cm³/mol. The standard InChI is InChI=1S/C14H19BrN4/c1-4-7-19-13(9-17-18-19)14(16-3)11-6-5-10(2)12(15)8-11/h5-6,8-9,14,16H,4,7H2,1-3H3. The highest BCUT2D eigenvalue weighted by Gasteiger charge is 2.17. The lowest BCUT2D eigenvalue weighted by atomic mass is 10.0. The van der Waals surface area contributed by atoms with Gasteiger partial charge in [-0.25, -0.2) is 4.68 Å². The molecule has 1 unspecified atom stereocenters. The Morgan fingerprint density at radius 1 is 1.42 bits per heavy atom. The summed E-state index contributed by atoms with van der Waals surface area (Å²) in [6.45, 7) is 5.12. The van der Waals surface area contributed by atoms with Crippen molar-refractivity contribution in [2.24, 2.45) is 0 Å². The molecule has 102 valence electrons. The molecule has 0 aliphatic rings. The van der Waals surface area contributed by atoms with E-state index in [0.717, 1.165) is 23.1 Å². The molecule has 2 aromatic rings. The molecule has 1 atom stereocenters. The quantitative estimate of drug-likeness (QED) is 0.919. The van der Waals surface area contributed by atoms with Crippen LogP contribution in [0.15, 0.2) is 28.9 Å². The molecule has 0 fully saturated rings. The van der Waals surface area contributed by atoms with Crippen LogP contribution in [0.2, 0.25) is 0 Å². The van der Waals surface area contributed by atoms with E-state index in [1.54, 1.807) is 0 Å². The number of hydrogen-bond donors (Lipinski definition) is 1. The summed E-state index contributed by atoms with van der Waals surface area (Å²) in [4.78, 5) is 0. The first kappa shape index (κ1) is 14.2. The Morgan fingerprint density at radius 3 is 2.84 bits per heavy atom. The Bertz CT molecular complexity index is 550. The highest BCUT2D eigenvalue weighted by Crippen LogP contribution is 2.25. The van der Waals surface area contributed by atoms with Crippen molar-refractivity contribution < 1.29 is 0 Å². The van der Waals surface area contributed by atoms with Crippen molar-refractivity contribution in [1.82, 2.24) is 20.3 Å². The van der Waals surface area contributed by atoms with Gasteiger partial charge in [-0.1, -0.05) is 40.2 Å². The number of aryl methyl sites for hydroxylation is 2. The second kappa shape index (κ2) is 6.30. The maximum atomic E-state index is 4.16. The second-order valence-electron chi connectivity index (χ2n) is 4.61. The van der Waals surface area contributed by atoms with Gasteiger partial charge in [-0.3, -0.25) is 0 Å². The van der Waals surface area contributed by atoms with Crippen molar-refractivity contribution in [3.8, 4) is 0 Å². The summed E-state index contributed by atoms with van der Waals surface area (Å²) in [6.07, 6.45) is 2.88. The number of nitrogens with zero attached hydrogens (tertiary/aromatic N) is 3. The first-order valence-electron chi connectivity index (χ1n) is 6.49. The smallest absolute Gasteiger partial charge is 0.0801 e. The summed E-state index contributed by atoms with van der Waals surface area (Å²) < 4.78 is 3.09. The molecule has 0 saturated heterocycles. The summed E-state index contributed by atoms with van der Waals surface area (Å²) >= 11 is 3.59. The van der Waals surface area contributed by atoms with Crippen LogP contribution >= 0.6 is 15.9 Å². The van der Waals surface area contributed by atoms with Gasteiger partial charge in [0.25, 0.3) is 0 Å². The molecule has 2 rings (SSSR count). The zero-order valence-electron chi connectivity index (χ0n) is 11.5. The van der Waals surface area contributed by atoms with Crippen molar-refractivity contribution in [2.45, 2.75) is 32.9 Å². The number of nitrogens with one attached hydrogen (secondary N) is 1. The van der Waals surface area contributed by atoms with E-state index in [4.69, 9.17) is 0 Å². The number of hydrogen-bond acceptors (Lipinski definition) is 3. The van der Waals surface area contributed by atoms with Gasteiger partial charge in [0.1, 0.15) is 0 Å². The fourth-order valence-electron chi connectivity index (χ4n) is 2.15. The minimum atomic E-state index is 0.110. The van der Waals surface area contributed by atoms with Crippen LogP contribution in [0.5, 0.6) is 0 Å². The lowest BCUT2D eigenvalue weighted by Gasteiger charge is -2.18. The predicted octanol–water partition coefficient (Wildman–Crippen LogP) is 3.07. The molecule has 1 aromatic heterocycles. The van der Waals surface area contributed by atoms with Crippen LogP contribution in [0.1, 0.15) is 36.2 Å². The van der Waals surface area contributed by atoms with E-state index in [1.165, 1.54) is 11.1 Å². The largest absolute Gasteiger partial charge is 0.308 e. The van der Waals surface area contributed by atoms with Crippen LogP contribution < -0.4 is 5.32 Å². The average molecular weight is 323 g/mol. The van der Waals surface area contributed by atoms with Crippen LogP contribution in [0, 0.1) is 6.92 Å². The van der Waals surface area contributed by atoms with Gasteiger partial charge in [0.05, 0.1) is 17.9 Å². The molecule has 0 spiro atoms. The van der Waals surface area contributed by atoms with Crippen molar-refractivity contribution in [2.75, 3.05) is 7.05 Å². The summed E-state index contributed by atoms with van der Waals surface area (Å²) in [5.74, 6) is 0. The van der Waals surface area contributed by atoms with Gasteiger partial charge < -0.3 is 5.32 Å². The van der Waals surface area contributed by atoms with Crippen LogP contribution in [0.3, 0.4) is 0 Å². The lowest BCUT2D eigenvalue weighted by Crippen LogP contribution is -2.21. The fourth-order valence-corrected chi connectivity index (χ4v) is 2.55. The molecule has 19 heavy (non-hydrogen) atoms. The average Bonchev–Trinajstić information content (AvgIpc) is 2.83. The zero-order valence-corrected chi connectivity index (χ0v) is 13.1. The normalized spacial score (nSPS) is 12.6. The molecular weight excluding hydrogens is 304 g/mol. The third-order valence-electron chi connectivity index (χ3n) is 3.20. The molecule has 1 aromatic carbocycles. The molecule has 0 radical (unpaired) electrons. The van der Waals surface area contributed by atoms with Gasteiger partial charge in [-0.15, -0.1) is 5.10 Å². The third-order valence-corrected chi connectivity index (χ3v) is 4.05. The van der Waals surface area contributed by atoms with Crippen LogP contribution in [-0.4, -0.2) is 22.0 Å². The number of rotatable bonds is 5. The van der Waals surface area contributed by atoms with E-state index in [2.05, 4.69) is 63.6 Å². The van der Waals surface area contributed by atoms with Gasteiger partial charge in [0.15, 0.2) is 0 Å². The van der Waals surface area contributed by atoms with Gasteiger partial charge in [-0.05, 0) is 37.6 Å². The molecule has 1 heterocycles. The van der Waals surface area contributed by atoms with Crippen LogP contribution in [-0.2, 0) is 6.54 Å². The highest BCUT2D eigenvalue weighted by molar-refractivity contribution is 9.10. The number of aromatic nitrogens is 3. The van der Waals surface area contributed by atoms with E-state index in [0.29, 0.717) is 0 Å². The second-order valence-corrected chi connectivity index (χ2v) is 5.47. The summed E-state index contributed by atoms with van der Waals surface area (Å²) in [5.41, 5.74) is 3.54. The SMILES string of the molecule is CCCn1nncc1C(NC)c1ccc(C)c(Br)c1. The Hall–Kier alpha value is -1.20. The Labute approximate surface area is 122 Å². The minimum Gasteiger partial charge on any atom is -0.308 e. The molecule has 4 nitrogen and oxygen atoms in total. The van der Waals surface area contributed by atoms with Gasteiger partial charge in [0, 0.05) is 11.0 Å². The number of benzene rings is 1. The monoisotopic (exact) mass is 322 g/mol. The molecule has 0 aliphatic carbocycles. The molecule has 0 aliphatic heterocycles. The maximum Gasteiger partial charge on any atom is 0.0801 e. The van der Waals surface area contributed by atoms with Gasteiger partial charge >= 0.3 is 0 Å². The molecule has 0 bridgehead atoms. The van der Waals surface area contributed by atoms with Gasteiger partial charge in [0.2, 0.25) is 0 Å². The van der Waals surface area contributed by atoms with E-state index in [-0.39, 0.29) is 6.04 Å². The van der Waals surface area contributed by atoms with Gasteiger partial charge in [-0.2, -0.15) is 0 Å². The number of halogens is 1. The summed E-state index contributed by atoms with van der Waals surface area (Å²) in [7, 11) is 1.96. The summed E-state index contributed by atoms with van der Waals surface area (Å²) in [6, 6.07) is 6.53. The van der Waals surface area contributed by atoms with E-state index < -0.39 is 0 Å². The van der Waals surface area contributed by atoms with E-state index in [1.807, 2.05) is 17.9 Å². The maximum absolute atomic E-state index is 4.16. The van der Waals surface area contributed by atoms with Crippen molar-refractivity contribution in [3.05, 3.63) is 45.7 Å². The minimum absolute atomic E-state index is 0.110. The first-order chi connectivity index (χ1) is 9.17. The third kappa shape index (κ3) is 3.04. The van der Waals surface area contributed by atoms with E-state index >= 15 is 0 Å². The topological polar surface area (TPSA) is 42.7 Å². The fraction of sp³-hybridized carbons (Fsp3) is 0.429.